The highest BCUT2D eigenvalue weighted by Crippen LogP contribution is 2.29. The minimum Gasteiger partial charge on any atom is -0.248 e. The monoisotopic (exact) mass is 382 g/mol. The van der Waals surface area contributed by atoms with E-state index in [9.17, 15) is 0 Å². The van der Waals surface area contributed by atoms with Crippen molar-refractivity contribution in [2.45, 2.75) is 78.1 Å². The second-order valence-corrected chi connectivity index (χ2v) is 8.18. The van der Waals surface area contributed by atoms with E-state index in [0.29, 0.717) is 0 Å². The van der Waals surface area contributed by atoms with Crippen LogP contribution < -0.4 is 0 Å². The first-order valence-corrected chi connectivity index (χ1v) is 10.4. The highest BCUT2D eigenvalue weighted by molar-refractivity contribution is 9.11. The van der Waals surface area contributed by atoms with Crippen LogP contribution in [0.1, 0.15) is 76.6 Å². The quantitative estimate of drug-likeness (QED) is 0.427. The summed E-state index contributed by atoms with van der Waals surface area (Å²) < 4.78 is 1.11. The molecule has 0 unspecified atom stereocenters. The standard InChI is InChI=1S/C18H27BrN2S/c1-3-5-7-9-11-14-15(12-10-8-6-4-2)21-17-16(20-14)13-22-18(17)19/h13H,3-12H2,1-2H3. The van der Waals surface area contributed by atoms with Crippen LogP contribution in [0.15, 0.2) is 9.17 Å². The van der Waals surface area contributed by atoms with Gasteiger partial charge in [0.15, 0.2) is 0 Å². The molecule has 2 nitrogen and oxygen atoms in total. The molecule has 0 saturated heterocycles. The summed E-state index contributed by atoms with van der Waals surface area (Å²) in [6, 6.07) is 0. The van der Waals surface area contributed by atoms with Crippen LogP contribution >= 0.6 is 27.3 Å². The lowest BCUT2D eigenvalue weighted by Gasteiger charge is -2.09. The fourth-order valence-corrected chi connectivity index (χ4v) is 3.96. The molecule has 0 spiro atoms. The van der Waals surface area contributed by atoms with Gasteiger partial charge in [-0.15, -0.1) is 11.3 Å². The summed E-state index contributed by atoms with van der Waals surface area (Å²) in [5.74, 6) is 0. The van der Waals surface area contributed by atoms with Crippen LogP contribution in [0.3, 0.4) is 0 Å². The zero-order valence-electron chi connectivity index (χ0n) is 13.8. The van der Waals surface area contributed by atoms with Gasteiger partial charge >= 0.3 is 0 Å². The number of thiophene rings is 1. The van der Waals surface area contributed by atoms with Crippen molar-refractivity contribution in [1.82, 2.24) is 9.97 Å². The van der Waals surface area contributed by atoms with Gasteiger partial charge in [-0.05, 0) is 41.6 Å². The van der Waals surface area contributed by atoms with E-state index >= 15 is 0 Å². The highest BCUT2D eigenvalue weighted by Gasteiger charge is 2.12. The lowest BCUT2D eigenvalue weighted by Crippen LogP contribution is -2.03. The normalized spacial score (nSPS) is 11.4. The van der Waals surface area contributed by atoms with Gasteiger partial charge in [0.2, 0.25) is 0 Å². The van der Waals surface area contributed by atoms with Crippen molar-refractivity contribution < 1.29 is 0 Å². The van der Waals surface area contributed by atoms with Gasteiger partial charge < -0.3 is 0 Å². The number of aromatic nitrogens is 2. The van der Waals surface area contributed by atoms with Crippen LogP contribution in [-0.4, -0.2) is 9.97 Å². The molecule has 2 aromatic heterocycles. The van der Waals surface area contributed by atoms with Crippen molar-refractivity contribution in [3.8, 4) is 0 Å². The summed E-state index contributed by atoms with van der Waals surface area (Å²) >= 11 is 5.30. The van der Waals surface area contributed by atoms with E-state index in [-0.39, 0.29) is 0 Å². The molecule has 0 atom stereocenters. The second-order valence-electron chi connectivity index (χ2n) is 5.98. The minimum atomic E-state index is 1.05. The molecule has 2 heterocycles. The maximum absolute atomic E-state index is 4.93. The molecule has 4 heteroatoms. The molecule has 0 fully saturated rings. The Morgan fingerprint density at radius 3 is 2.05 bits per heavy atom. The molecule has 0 N–H and O–H groups in total. The van der Waals surface area contributed by atoms with Crippen molar-refractivity contribution in [3.63, 3.8) is 0 Å². The average Bonchev–Trinajstić information content (AvgIpc) is 2.88. The Bertz CT molecular complexity index is 580. The smallest absolute Gasteiger partial charge is 0.114 e. The fraction of sp³-hybridized carbons (Fsp3) is 0.667. The number of aryl methyl sites for hydroxylation is 2. The topological polar surface area (TPSA) is 25.8 Å². The van der Waals surface area contributed by atoms with Gasteiger partial charge in [-0.2, -0.15) is 0 Å². The molecule has 122 valence electrons. The molecule has 2 aromatic rings. The molecule has 0 bridgehead atoms. The number of fused-ring (bicyclic) bond motifs is 1. The molecule has 0 aliphatic carbocycles. The maximum Gasteiger partial charge on any atom is 0.114 e. The summed E-state index contributed by atoms with van der Waals surface area (Å²) in [7, 11) is 0. The van der Waals surface area contributed by atoms with E-state index < -0.39 is 0 Å². The number of unbranched alkanes of at least 4 members (excludes halogenated alkanes) is 6. The lowest BCUT2D eigenvalue weighted by atomic mass is 10.0. The molecule has 0 aliphatic rings. The van der Waals surface area contributed by atoms with E-state index in [1.807, 2.05) is 0 Å². The molecule has 0 aromatic carbocycles. The van der Waals surface area contributed by atoms with E-state index in [0.717, 1.165) is 27.7 Å². The Balaban J connectivity index is 2.10. The zero-order valence-corrected chi connectivity index (χ0v) is 16.2. The van der Waals surface area contributed by atoms with Crippen LogP contribution in [0.4, 0.5) is 0 Å². The highest BCUT2D eigenvalue weighted by atomic mass is 79.9. The number of hydrogen-bond acceptors (Lipinski definition) is 3. The number of nitrogens with zero attached hydrogens (tertiary/aromatic N) is 2. The zero-order chi connectivity index (χ0) is 15.8. The van der Waals surface area contributed by atoms with Crippen molar-refractivity contribution in [3.05, 3.63) is 20.6 Å². The summed E-state index contributed by atoms with van der Waals surface area (Å²) in [5.41, 5.74) is 4.58. The van der Waals surface area contributed by atoms with Gasteiger partial charge in [-0.25, -0.2) is 9.97 Å². The molecular formula is C18H27BrN2S. The van der Waals surface area contributed by atoms with Gasteiger partial charge in [0.25, 0.3) is 0 Å². The third-order valence-corrected chi connectivity index (χ3v) is 5.75. The first-order valence-electron chi connectivity index (χ1n) is 8.68. The van der Waals surface area contributed by atoms with Gasteiger partial charge in [-0.3, -0.25) is 0 Å². The Morgan fingerprint density at radius 2 is 1.45 bits per heavy atom. The van der Waals surface area contributed by atoms with E-state index in [1.165, 1.54) is 62.8 Å². The number of rotatable bonds is 10. The van der Waals surface area contributed by atoms with Crippen LogP contribution in [0, 0.1) is 0 Å². The first-order chi connectivity index (χ1) is 10.8. The van der Waals surface area contributed by atoms with Crippen molar-refractivity contribution in [1.29, 1.82) is 0 Å². The number of hydrogen-bond donors (Lipinski definition) is 0. The molecule has 0 saturated carbocycles. The third-order valence-electron chi connectivity index (χ3n) is 4.07. The Hall–Kier alpha value is -0.480. The Kier molecular flexibility index (Phi) is 7.81. The van der Waals surface area contributed by atoms with Crippen LogP contribution in [0.25, 0.3) is 11.0 Å². The summed E-state index contributed by atoms with van der Waals surface area (Å²) in [6.45, 7) is 4.52. The van der Waals surface area contributed by atoms with Crippen molar-refractivity contribution >= 4 is 38.3 Å². The second kappa shape index (κ2) is 9.61. The predicted molar refractivity (Wildman–Crippen MR) is 101 cm³/mol. The Morgan fingerprint density at radius 1 is 0.864 bits per heavy atom. The van der Waals surface area contributed by atoms with Gasteiger partial charge in [0, 0.05) is 5.38 Å². The largest absolute Gasteiger partial charge is 0.248 e. The summed E-state index contributed by atoms with van der Waals surface area (Å²) in [6.07, 6.45) is 12.5. The Labute approximate surface area is 146 Å². The molecule has 0 amide bonds. The minimum absolute atomic E-state index is 1.05. The van der Waals surface area contributed by atoms with E-state index in [4.69, 9.17) is 9.97 Å². The lowest BCUT2D eigenvalue weighted by molar-refractivity contribution is 0.639. The van der Waals surface area contributed by atoms with Crippen LogP contribution in [-0.2, 0) is 12.8 Å². The van der Waals surface area contributed by atoms with Gasteiger partial charge in [0.05, 0.1) is 15.2 Å². The summed E-state index contributed by atoms with van der Waals surface area (Å²) in [5, 5.41) is 2.11. The number of halogens is 1. The average molecular weight is 383 g/mol. The molecular weight excluding hydrogens is 356 g/mol. The molecule has 0 radical (unpaired) electrons. The van der Waals surface area contributed by atoms with E-state index in [2.05, 4.69) is 35.2 Å². The molecule has 0 aliphatic heterocycles. The van der Waals surface area contributed by atoms with Crippen molar-refractivity contribution in [2.24, 2.45) is 0 Å². The SMILES string of the molecule is CCCCCCc1nc2csc(Br)c2nc1CCCCCC. The predicted octanol–water partition coefficient (Wildman–Crippen LogP) is 6.70. The fourth-order valence-electron chi connectivity index (χ4n) is 2.75. The van der Waals surface area contributed by atoms with E-state index in [1.54, 1.807) is 11.3 Å². The summed E-state index contributed by atoms with van der Waals surface area (Å²) in [4.78, 5) is 9.84. The maximum atomic E-state index is 4.93. The molecule has 2 rings (SSSR count). The third kappa shape index (κ3) is 5.02. The van der Waals surface area contributed by atoms with Crippen molar-refractivity contribution in [2.75, 3.05) is 0 Å². The van der Waals surface area contributed by atoms with Crippen LogP contribution in [0.5, 0.6) is 0 Å². The van der Waals surface area contributed by atoms with Crippen LogP contribution in [0.2, 0.25) is 0 Å². The van der Waals surface area contributed by atoms with Gasteiger partial charge in [-0.1, -0.05) is 52.4 Å². The van der Waals surface area contributed by atoms with Gasteiger partial charge in [0.1, 0.15) is 11.0 Å². The first kappa shape index (κ1) is 17.9. The molecule has 22 heavy (non-hydrogen) atoms.